The van der Waals surface area contributed by atoms with Crippen LogP contribution in [0.5, 0.6) is 5.75 Å². The molecule has 84 valence electrons. The van der Waals surface area contributed by atoms with Gasteiger partial charge in [-0.25, -0.2) is 0 Å². The Kier molecular flexibility index (Phi) is 1.92. The van der Waals surface area contributed by atoms with Gasteiger partial charge in [0.25, 0.3) is 11.7 Å². The Hall–Kier alpha value is -1.59. The summed E-state index contributed by atoms with van der Waals surface area (Å²) in [6.07, 6.45) is 0. The predicted molar refractivity (Wildman–Crippen MR) is 55.2 cm³/mol. The molecule has 1 N–H and O–H groups in total. The third-order valence-electron chi connectivity index (χ3n) is 2.82. The summed E-state index contributed by atoms with van der Waals surface area (Å²) in [5, 5.41) is 2.74. The molecule has 0 radical (unpaired) electrons. The van der Waals surface area contributed by atoms with Crippen molar-refractivity contribution in [1.82, 2.24) is 0 Å². The van der Waals surface area contributed by atoms with Gasteiger partial charge in [0, 0.05) is 5.56 Å². The van der Waals surface area contributed by atoms with Gasteiger partial charge in [-0.2, -0.15) is 0 Å². The van der Waals surface area contributed by atoms with Gasteiger partial charge in [0.1, 0.15) is 5.75 Å². The Bertz CT molecular complexity index is 451. The summed E-state index contributed by atoms with van der Waals surface area (Å²) in [4.78, 5) is 11.9. The van der Waals surface area contributed by atoms with Crippen LogP contribution in [0.4, 0.5) is 5.69 Å². The van der Waals surface area contributed by atoms with E-state index in [-0.39, 0.29) is 5.91 Å². The largest absolute Gasteiger partial charge is 0.497 e. The number of rotatable bonds is 1. The Morgan fingerprint density at radius 1 is 1.38 bits per heavy atom. The number of amides is 1. The minimum absolute atomic E-state index is 0.270. The van der Waals surface area contributed by atoms with Gasteiger partial charge in [-0.1, -0.05) is 0 Å². The lowest BCUT2D eigenvalue weighted by Gasteiger charge is -2.19. The zero-order valence-electron chi connectivity index (χ0n) is 8.78. The molecule has 1 aromatic carbocycles. The van der Waals surface area contributed by atoms with Crippen molar-refractivity contribution in [3.63, 3.8) is 0 Å². The molecule has 1 aromatic rings. The van der Waals surface area contributed by atoms with E-state index in [4.69, 9.17) is 14.2 Å². The summed E-state index contributed by atoms with van der Waals surface area (Å²) in [5.74, 6) is -0.855. The molecule has 5 heteroatoms. The number of carbonyl (C=O) groups excluding carboxylic acids is 1. The number of hydrogen-bond acceptors (Lipinski definition) is 4. The zero-order chi connectivity index (χ0) is 11.2. The number of anilines is 1. The molecule has 0 unspecified atom stereocenters. The maximum Gasteiger partial charge on any atom is 0.289 e. The van der Waals surface area contributed by atoms with Gasteiger partial charge in [0.05, 0.1) is 26.0 Å². The van der Waals surface area contributed by atoms with E-state index in [9.17, 15) is 4.79 Å². The summed E-state index contributed by atoms with van der Waals surface area (Å²) >= 11 is 0. The van der Waals surface area contributed by atoms with Crippen LogP contribution in [-0.4, -0.2) is 26.2 Å². The van der Waals surface area contributed by atoms with Crippen molar-refractivity contribution in [1.29, 1.82) is 0 Å². The highest BCUT2D eigenvalue weighted by Crippen LogP contribution is 2.43. The summed E-state index contributed by atoms with van der Waals surface area (Å²) in [5.41, 5.74) is 1.40. The van der Waals surface area contributed by atoms with Crippen LogP contribution < -0.4 is 10.1 Å². The van der Waals surface area contributed by atoms with E-state index < -0.39 is 5.79 Å². The van der Waals surface area contributed by atoms with Gasteiger partial charge >= 0.3 is 0 Å². The molecule has 0 aliphatic carbocycles. The van der Waals surface area contributed by atoms with Crippen molar-refractivity contribution in [3.05, 3.63) is 23.8 Å². The minimum Gasteiger partial charge on any atom is -0.497 e. The third kappa shape index (κ3) is 1.10. The number of ether oxygens (including phenoxy) is 3. The molecular weight excluding hydrogens is 210 g/mol. The Morgan fingerprint density at radius 2 is 2.12 bits per heavy atom. The van der Waals surface area contributed by atoms with Crippen molar-refractivity contribution in [2.24, 2.45) is 0 Å². The lowest BCUT2D eigenvalue weighted by Crippen LogP contribution is -2.35. The number of fused-ring (bicyclic) bond motifs is 2. The molecule has 1 fully saturated rings. The van der Waals surface area contributed by atoms with E-state index in [0.717, 1.165) is 0 Å². The maximum absolute atomic E-state index is 11.9. The molecular formula is C11H11NO4. The van der Waals surface area contributed by atoms with Crippen molar-refractivity contribution in [3.8, 4) is 5.75 Å². The van der Waals surface area contributed by atoms with E-state index in [1.807, 2.05) is 0 Å². The molecule has 2 aliphatic rings. The predicted octanol–water partition coefficient (Wildman–Crippen LogP) is 0.847. The first-order valence-corrected chi connectivity index (χ1v) is 5.04. The number of methoxy groups -OCH3 is 1. The van der Waals surface area contributed by atoms with E-state index in [1.165, 1.54) is 0 Å². The maximum atomic E-state index is 11.9. The van der Waals surface area contributed by atoms with Crippen molar-refractivity contribution >= 4 is 11.6 Å². The molecule has 5 nitrogen and oxygen atoms in total. The van der Waals surface area contributed by atoms with Crippen molar-refractivity contribution in [2.45, 2.75) is 5.79 Å². The highest BCUT2D eigenvalue weighted by atomic mass is 16.7. The second kappa shape index (κ2) is 3.20. The molecule has 0 aromatic heterocycles. The first kappa shape index (κ1) is 9.62. The van der Waals surface area contributed by atoms with Crippen molar-refractivity contribution in [2.75, 3.05) is 25.6 Å². The second-order valence-corrected chi connectivity index (χ2v) is 3.68. The highest BCUT2D eigenvalue weighted by molar-refractivity contribution is 6.04. The third-order valence-corrected chi connectivity index (χ3v) is 2.82. The molecule has 1 amide bonds. The fourth-order valence-electron chi connectivity index (χ4n) is 2.06. The first-order valence-electron chi connectivity index (χ1n) is 5.04. The van der Waals surface area contributed by atoms with Crippen LogP contribution >= 0.6 is 0 Å². The minimum atomic E-state index is -1.26. The molecule has 3 rings (SSSR count). The van der Waals surface area contributed by atoms with Crippen LogP contribution in [0.15, 0.2) is 18.2 Å². The average molecular weight is 221 g/mol. The first-order chi connectivity index (χ1) is 7.76. The van der Waals surface area contributed by atoms with Gasteiger partial charge in [0.15, 0.2) is 0 Å². The Labute approximate surface area is 92.3 Å². The average Bonchev–Trinajstić information content (AvgIpc) is 2.88. The van der Waals surface area contributed by atoms with Gasteiger partial charge in [-0.05, 0) is 18.2 Å². The number of hydrogen-bond donors (Lipinski definition) is 1. The fourth-order valence-corrected chi connectivity index (χ4v) is 2.06. The zero-order valence-corrected chi connectivity index (χ0v) is 8.78. The molecule has 1 spiro atoms. The SMILES string of the molecule is COc1ccc2c(c1)C1(OCCO1)C(=O)N2. The van der Waals surface area contributed by atoms with Crippen LogP contribution in [0.25, 0.3) is 0 Å². The number of benzene rings is 1. The standard InChI is InChI=1S/C11H11NO4/c1-14-7-2-3-9-8(6-7)11(10(13)12-9)15-4-5-16-11/h2-3,6H,4-5H2,1H3,(H,12,13). The van der Waals surface area contributed by atoms with Gasteiger partial charge in [0.2, 0.25) is 0 Å². The number of carbonyl (C=O) groups is 1. The summed E-state index contributed by atoms with van der Waals surface area (Å²) in [7, 11) is 1.58. The van der Waals surface area contributed by atoms with Crippen LogP contribution in [0, 0.1) is 0 Å². The molecule has 16 heavy (non-hydrogen) atoms. The smallest absolute Gasteiger partial charge is 0.289 e. The second-order valence-electron chi connectivity index (χ2n) is 3.68. The fraction of sp³-hybridized carbons (Fsp3) is 0.364. The molecule has 0 saturated carbocycles. The van der Waals surface area contributed by atoms with Crippen LogP contribution in [0.1, 0.15) is 5.56 Å². The molecule has 0 bridgehead atoms. The topological polar surface area (TPSA) is 56.8 Å². The van der Waals surface area contributed by atoms with Gasteiger partial charge < -0.3 is 19.5 Å². The van der Waals surface area contributed by atoms with Crippen molar-refractivity contribution < 1.29 is 19.0 Å². The summed E-state index contributed by atoms with van der Waals surface area (Å²) in [6, 6.07) is 5.33. The van der Waals surface area contributed by atoms with Gasteiger partial charge in [-0.3, -0.25) is 4.79 Å². The quantitative estimate of drug-likeness (QED) is 0.763. The molecule has 1 saturated heterocycles. The van der Waals surface area contributed by atoms with Crippen LogP contribution in [0.3, 0.4) is 0 Å². The van der Waals surface area contributed by atoms with Gasteiger partial charge in [-0.15, -0.1) is 0 Å². The van der Waals surface area contributed by atoms with E-state index in [1.54, 1.807) is 25.3 Å². The summed E-state index contributed by atoms with van der Waals surface area (Å²) < 4.78 is 16.0. The monoisotopic (exact) mass is 221 g/mol. The summed E-state index contributed by atoms with van der Waals surface area (Å²) in [6.45, 7) is 0.841. The Morgan fingerprint density at radius 3 is 2.81 bits per heavy atom. The van der Waals surface area contributed by atoms with Crippen LogP contribution in [0.2, 0.25) is 0 Å². The lowest BCUT2D eigenvalue weighted by atomic mass is 10.1. The molecule has 0 atom stereocenters. The molecule has 2 aliphatic heterocycles. The molecule has 2 heterocycles. The van der Waals surface area contributed by atoms with E-state index in [2.05, 4.69) is 5.32 Å². The normalized spacial score (nSPS) is 20.9. The lowest BCUT2D eigenvalue weighted by molar-refractivity contribution is -0.178. The Balaban J connectivity index is 2.14. The van der Waals surface area contributed by atoms with Crippen LogP contribution in [-0.2, 0) is 20.1 Å². The highest BCUT2D eigenvalue weighted by Gasteiger charge is 2.52. The van der Waals surface area contributed by atoms with E-state index >= 15 is 0 Å². The van der Waals surface area contributed by atoms with E-state index in [0.29, 0.717) is 30.2 Å². The number of nitrogens with one attached hydrogen (secondary N) is 1.